The Morgan fingerprint density at radius 1 is 1.53 bits per heavy atom. The average molecular weight is 249 g/mol. The molecule has 0 spiro atoms. The summed E-state index contributed by atoms with van der Waals surface area (Å²) in [6, 6.07) is 4.45. The molecule has 0 saturated carbocycles. The summed E-state index contributed by atoms with van der Waals surface area (Å²) < 4.78 is 0. The van der Waals surface area contributed by atoms with Crippen LogP contribution in [0.1, 0.15) is 11.6 Å². The number of carboxylic acid groups (broad SMARTS) is 1. The first-order valence-electron chi connectivity index (χ1n) is 4.19. The van der Waals surface area contributed by atoms with Crippen molar-refractivity contribution in [2.45, 2.75) is 6.04 Å². The number of nitrogens with two attached hydrogens (primary N) is 1. The lowest BCUT2D eigenvalue weighted by Gasteiger charge is -2.16. The zero-order valence-electron chi connectivity index (χ0n) is 7.71. The van der Waals surface area contributed by atoms with Crippen molar-refractivity contribution < 1.29 is 9.90 Å². The Morgan fingerprint density at radius 2 is 2.20 bits per heavy atom. The van der Waals surface area contributed by atoms with E-state index in [4.69, 9.17) is 34.0 Å². The van der Waals surface area contributed by atoms with Gasteiger partial charge in [-0.25, -0.2) is 4.79 Å². The fourth-order valence-electron chi connectivity index (χ4n) is 1.20. The van der Waals surface area contributed by atoms with Crippen LogP contribution in [0.15, 0.2) is 18.2 Å². The van der Waals surface area contributed by atoms with E-state index in [1.807, 2.05) is 0 Å². The van der Waals surface area contributed by atoms with Crippen LogP contribution in [0, 0.1) is 0 Å². The summed E-state index contributed by atoms with van der Waals surface area (Å²) in [6.45, 7) is 0.117. The Balaban J connectivity index is 3.01. The van der Waals surface area contributed by atoms with Crippen LogP contribution in [0.2, 0.25) is 10.0 Å². The second-order valence-electron chi connectivity index (χ2n) is 2.88. The fraction of sp³-hybridized carbons (Fsp3) is 0.222. The molecule has 0 fully saturated rings. The van der Waals surface area contributed by atoms with Crippen molar-refractivity contribution in [3.05, 3.63) is 33.8 Å². The average Bonchev–Trinajstić information content (AvgIpc) is 2.19. The lowest BCUT2D eigenvalue weighted by Crippen LogP contribution is -2.32. The van der Waals surface area contributed by atoms with Gasteiger partial charge in [0.25, 0.3) is 0 Å². The Kier molecular flexibility index (Phi) is 4.20. The zero-order chi connectivity index (χ0) is 11.4. The normalized spacial score (nSPS) is 12.2. The molecule has 6 heteroatoms. The van der Waals surface area contributed by atoms with Crippen molar-refractivity contribution in [3.8, 4) is 0 Å². The SMILES string of the molecule is NCC(NC(=O)O)c1cccc(Cl)c1Cl. The third kappa shape index (κ3) is 2.99. The summed E-state index contributed by atoms with van der Waals surface area (Å²) >= 11 is 11.7. The molecule has 1 unspecified atom stereocenters. The first-order valence-corrected chi connectivity index (χ1v) is 4.95. The molecule has 0 saturated heterocycles. The number of rotatable bonds is 3. The molecule has 1 aromatic carbocycles. The molecule has 0 aliphatic carbocycles. The highest BCUT2D eigenvalue weighted by atomic mass is 35.5. The summed E-state index contributed by atoms with van der Waals surface area (Å²) in [5.41, 5.74) is 6.02. The van der Waals surface area contributed by atoms with E-state index in [1.165, 1.54) is 0 Å². The van der Waals surface area contributed by atoms with Gasteiger partial charge in [0, 0.05) is 6.54 Å². The van der Waals surface area contributed by atoms with E-state index in [9.17, 15) is 4.79 Å². The van der Waals surface area contributed by atoms with E-state index in [0.717, 1.165) is 0 Å². The Morgan fingerprint density at radius 3 is 2.73 bits per heavy atom. The number of amides is 1. The van der Waals surface area contributed by atoms with Gasteiger partial charge in [-0.15, -0.1) is 0 Å². The van der Waals surface area contributed by atoms with Crippen molar-refractivity contribution in [1.29, 1.82) is 0 Å². The Bertz CT molecular complexity index is 371. The summed E-state index contributed by atoms with van der Waals surface area (Å²) in [6.07, 6.45) is -1.15. The van der Waals surface area contributed by atoms with Crippen LogP contribution in [0.3, 0.4) is 0 Å². The van der Waals surface area contributed by atoms with E-state index in [2.05, 4.69) is 5.32 Å². The Hall–Kier alpha value is -0.970. The number of benzene rings is 1. The second kappa shape index (κ2) is 5.21. The highest BCUT2D eigenvalue weighted by molar-refractivity contribution is 6.42. The highest BCUT2D eigenvalue weighted by Gasteiger charge is 2.16. The van der Waals surface area contributed by atoms with Crippen molar-refractivity contribution >= 4 is 29.3 Å². The van der Waals surface area contributed by atoms with Crippen LogP contribution >= 0.6 is 23.2 Å². The lowest BCUT2D eigenvalue weighted by atomic mass is 10.1. The summed E-state index contributed by atoms with van der Waals surface area (Å²) in [7, 11) is 0. The predicted molar refractivity (Wildman–Crippen MR) is 59.4 cm³/mol. The molecule has 15 heavy (non-hydrogen) atoms. The monoisotopic (exact) mass is 248 g/mol. The van der Waals surface area contributed by atoms with Crippen LogP contribution < -0.4 is 11.1 Å². The first kappa shape index (κ1) is 12.1. The van der Waals surface area contributed by atoms with Gasteiger partial charge < -0.3 is 16.2 Å². The molecule has 0 bridgehead atoms. The minimum Gasteiger partial charge on any atom is -0.465 e. The van der Waals surface area contributed by atoms with Crippen LogP contribution in [0.4, 0.5) is 4.79 Å². The molecular formula is C9H10Cl2N2O2. The molecule has 82 valence electrons. The smallest absolute Gasteiger partial charge is 0.405 e. The molecule has 4 N–H and O–H groups in total. The minimum absolute atomic E-state index is 0.117. The van der Waals surface area contributed by atoms with Gasteiger partial charge in [-0.1, -0.05) is 35.3 Å². The molecule has 0 radical (unpaired) electrons. The largest absolute Gasteiger partial charge is 0.465 e. The molecule has 1 atom stereocenters. The highest BCUT2D eigenvalue weighted by Crippen LogP contribution is 2.29. The maximum Gasteiger partial charge on any atom is 0.405 e. The molecular weight excluding hydrogens is 239 g/mol. The first-order chi connectivity index (χ1) is 7.06. The fourth-order valence-corrected chi connectivity index (χ4v) is 1.64. The van der Waals surface area contributed by atoms with Gasteiger partial charge in [-0.05, 0) is 11.6 Å². The van der Waals surface area contributed by atoms with E-state index < -0.39 is 12.1 Å². The quantitative estimate of drug-likeness (QED) is 0.769. The molecule has 1 aromatic rings. The number of carbonyl (C=O) groups is 1. The summed E-state index contributed by atoms with van der Waals surface area (Å²) in [5.74, 6) is 0. The Labute approximate surface area is 97.0 Å². The van der Waals surface area contributed by atoms with Gasteiger partial charge in [-0.3, -0.25) is 0 Å². The molecule has 1 amide bonds. The van der Waals surface area contributed by atoms with Gasteiger partial charge in [0.05, 0.1) is 16.1 Å². The van der Waals surface area contributed by atoms with Crippen molar-refractivity contribution in [2.75, 3.05) is 6.54 Å². The molecule has 1 rings (SSSR count). The van der Waals surface area contributed by atoms with Crippen LogP contribution in [0.5, 0.6) is 0 Å². The van der Waals surface area contributed by atoms with E-state index >= 15 is 0 Å². The van der Waals surface area contributed by atoms with E-state index in [0.29, 0.717) is 15.6 Å². The second-order valence-corrected chi connectivity index (χ2v) is 3.67. The number of hydrogen-bond donors (Lipinski definition) is 3. The summed E-state index contributed by atoms with van der Waals surface area (Å²) in [4.78, 5) is 10.5. The molecule has 4 nitrogen and oxygen atoms in total. The standard InChI is InChI=1S/C9H10Cl2N2O2/c10-6-3-1-2-5(8(6)11)7(4-12)13-9(14)15/h1-3,7,13H,4,12H2,(H,14,15). The van der Waals surface area contributed by atoms with E-state index in [-0.39, 0.29) is 6.54 Å². The van der Waals surface area contributed by atoms with Crippen LogP contribution in [0.25, 0.3) is 0 Å². The number of halogens is 2. The molecule has 0 aliphatic heterocycles. The number of nitrogens with one attached hydrogen (secondary N) is 1. The minimum atomic E-state index is -1.15. The van der Waals surface area contributed by atoms with Crippen molar-refractivity contribution in [1.82, 2.24) is 5.32 Å². The maximum atomic E-state index is 10.5. The van der Waals surface area contributed by atoms with Gasteiger partial charge in [0.2, 0.25) is 0 Å². The van der Waals surface area contributed by atoms with Crippen LogP contribution in [-0.2, 0) is 0 Å². The van der Waals surface area contributed by atoms with E-state index in [1.54, 1.807) is 18.2 Å². The molecule has 0 aromatic heterocycles. The van der Waals surface area contributed by atoms with Crippen LogP contribution in [-0.4, -0.2) is 17.7 Å². The molecule has 0 aliphatic rings. The van der Waals surface area contributed by atoms with Gasteiger partial charge in [-0.2, -0.15) is 0 Å². The number of hydrogen-bond acceptors (Lipinski definition) is 2. The zero-order valence-corrected chi connectivity index (χ0v) is 9.22. The third-order valence-electron chi connectivity index (χ3n) is 1.89. The summed E-state index contributed by atoms with van der Waals surface area (Å²) in [5, 5.41) is 11.6. The van der Waals surface area contributed by atoms with Gasteiger partial charge in [0.1, 0.15) is 0 Å². The third-order valence-corrected chi connectivity index (χ3v) is 2.72. The maximum absolute atomic E-state index is 10.5. The van der Waals surface area contributed by atoms with Crippen molar-refractivity contribution in [2.24, 2.45) is 5.73 Å². The van der Waals surface area contributed by atoms with Gasteiger partial charge >= 0.3 is 6.09 Å². The van der Waals surface area contributed by atoms with Gasteiger partial charge in [0.15, 0.2) is 0 Å². The van der Waals surface area contributed by atoms with Crippen molar-refractivity contribution in [3.63, 3.8) is 0 Å². The topological polar surface area (TPSA) is 75.3 Å². The lowest BCUT2D eigenvalue weighted by molar-refractivity contribution is 0.190. The predicted octanol–water partition coefficient (Wildman–Crippen LogP) is 2.26. The molecule has 0 heterocycles.